The number of nitrogens with one attached hydrogen (secondary N) is 1. The van der Waals surface area contributed by atoms with Gasteiger partial charge >= 0.3 is 0 Å². The average Bonchev–Trinajstić information content (AvgIpc) is 2.61. The molecule has 8 heteroatoms. The third-order valence-corrected chi connectivity index (χ3v) is 4.99. The second kappa shape index (κ2) is 7.35. The molecule has 3 rings (SSSR count). The maximum absolute atomic E-state index is 12.3. The Kier molecular flexibility index (Phi) is 5.15. The van der Waals surface area contributed by atoms with Crippen molar-refractivity contribution in [3.05, 3.63) is 53.6 Å². The molecule has 0 radical (unpaired) electrons. The molecule has 0 fully saturated rings. The van der Waals surface area contributed by atoms with Gasteiger partial charge in [0.05, 0.1) is 17.4 Å². The van der Waals surface area contributed by atoms with Crippen LogP contribution in [0.15, 0.2) is 47.4 Å². The minimum Gasteiger partial charge on any atom is -0.486 e. The third-order valence-electron chi connectivity index (χ3n) is 4.06. The first-order valence-electron chi connectivity index (χ1n) is 8.13. The Labute approximate surface area is 152 Å². The van der Waals surface area contributed by atoms with E-state index in [0.717, 1.165) is 11.1 Å². The Hall–Kier alpha value is -2.58. The van der Waals surface area contributed by atoms with Crippen LogP contribution in [-0.2, 0) is 21.2 Å². The van der Waals surface area contributed by atoms with Gasteiger partial charge in [-0.15, -0.1) is 0 Å². The van der Waals surface area contributed by atoms with Crippen LogP contribution in [0.25, 0.3) is 0 Å². The highest BCUT2D eigenvalue weighted by Crippen LogP contribution is 2.30. The Morgan fingerprint density at radius 3 is 2.42 bits per heavy atom. The molecule has 1 heterocycles. The van der Waals surface area contributed by atoms with Gasteiger partial charge in [0.2, 0.25) is 15.9 Å². The highest BCUT2D eigenvalue weighted by molar-refractivity contribution is 7.89. The van der Waals surface area contributed by atoms with Gasteiger partial charge in [-0.25, -0.2) is 13.6 Å². The normalized spacial score (nSPS) is 14.5. The minimum atomic E-state index is -3.73. The molecule has 2 aromatic carbocycles. The lowest BCUT2D eigenvalue weighted by molar-refractivity contribution is -0.121. The maximum atomic E-state index is 12.3. The quantitative estimate of drug-likeness (QED) is 0.823. The molecular weight excluding hydrogens is 356 g/mol. The SMILES string of the molecule is C[C@H](NC(=O)Cc1ccc2c(c1)OCCO2)c1ccc(S(N)(=O)=O)cc1. The van der Waals surface area contributed by atoms with Crippen LogP contribution in [0, 0.1) is 0 Å². The van der Waals surface area contributed by atoms with E-state index in [9.17, 15) is 13.2 Å². The third kappa shape index (κ3) is 4.33. The second-order valence-corrected chi connectivity index (χ2v) is 7.62. The summed E-state index contributed by atoms with van der Waals surface area (Å²) in [5, 5.41) is 7.97. The number of amides is 1. The van der Waals surface area contributed by atoms with Gasteiger partial charge in [0.25, 0.3) is 0 Å². The van der Waals surface area contributed by atoms with E-state index < -0.39 is 10.0 Å². The van der Waals surface area contributed by atoms with Crippen LogP contribution in [0.5, 0.6) is 11.5 Å². The molecule has 1 aliphatic rings. The predicted molar refractivity (Wildman–Crippen MR) is 95.5 cm³/mol. The van der Waals surface area contributed by atoms with Crippen molar-refractivity contribution in [3.63, 3.8) is 0 Å². The smallest absolute Gasteiger partial charge is 0.238 e. The van der Waals surface area contributed by atoms with E-state index in [0.29, 0.717) is 24.7 Å². The first kappa shape index (κ1) is 18.2. The molecule has 1 atom stereocenters. The largest absolute Gasteiger partial charge is 0.486 e. The van der Waals surface area contributed by atoms with Gasteiger partial charge in [-0.3, -0.25) is 4.79 Å². The zero-order valence-electron chi connectivity index (χ0n) is 14.3. The number of carbonyl (C=O) groups excluding carboxylic acids is 1. The van der Waals surface area contributed by atoms with E-state index in [4.69, 9.17) is 14.6 Å². The number of carbonyl (C=O) groups is 1. The van der Waals surface area contributed by atoms with Gasteiger partial charge in [-0.05, 0) is 42.3 Å². The van der Waals surface area contributed by atoms with Crippen molar-refractivity contribution in [3.8, 4) is 11.5 Å². The molecule has 3 N–H and O–H groups in total. The maximum Gasteiger partial charge on any atom is 0.238 e. The lowest BCUT2D eigenvalue weighted by Crippen LogP contribution is -2.28. The van der Waals surface area contributed by atoms with Gasteiger partial charge in [-0.1, -0.05) is 18.2 Å². The molecule has 26 heavy (non-hydrogen) atoms. The monoisotopic (exact) mass is 376 g/mol. The zero-order chi connectivity index (χ0) is 18.7. The van der Waals surface area contributed by atoms with Gasteiger partial charge in [-0.2, -0.15) is 0 Å². The summed E-state index contributed by atoms with van der Waals surface area (Å²) in [6, 6.07) is 11.3. The minimum absolute atomic E-state index is 0.0380. The first-order chi connectivity index (χ1) is 12.3. The zero-order valence-corrected chi connectivity index (χ0v) is 15.1. The Bertz CT molecular complexity index is 910. The number of sulfonamides is 1. The van der Waals surface area contributed by atoms with E-state index in [1.165, 1.54) is 12.1 Å². The summed E-state index contributed by atoms with van der Waals surface area (Å²) in [5.41, 5.74) is 1.61. The van der Waals surface area contributed by atoms with Crippen molar-refractivity contribution in [2.24, 2.45) is 5.14 Å². The highest BCUT2D eigenvalue weighted by atomic mass is 32.2. The summed E-state index contributed by atoms with van der Waals surface area (Å²) in [4.78, 5) is 12.3. The summed E-state index contributed by atoms with van der Waals surface area (Å²) in [7, 11) is -3.73. The van der Waals surface area contributed by atoms with Gasteiger partial charge < -0.3 is 14.8 Å². The van der Waals surface area contributed by atoms with Crippen molar-refractivity contribution >= 4 is 15.9 Å². The predicted octanol–water partition coefficient (Wildman–Crippen LogP) is 1.53. The fraction of sp³-hybridized carbons (Fsp3) is 0.278. The summed E-state index contributed by atoms with van der Waals surface area (Å²) in [5.74, 6) is 1.18. The summed E-state index contributed by atoms with van der Waals surface area (Å²) >= 11 is 0. The van der Waals surface area contributed by atoms with Gasteiger partial charge in [0.15, 0.2) is 11.5 Å². The molecule has 1 aliphatic heterocycles. The number of ether oxygens (including phenoxy) is 2. The van der Waals surface area contributed by atoms with Crippen LogP contribution in [0.1, 0.15) is 24.1 Å². The lowest BCUT2D eigenvalue weighted by atomic mass is 10.1. The van der Waals surface area contributed by atoms with E-state index in [-0.39, 0.29) is 23.3 Å². The van der Waals surface area contributed by atoms with Crippen LogP contribution in [0.3, 0.4) is 0 Å². The summed E-state index contributed by atoms with van der Waals surface area (Å²) < 4.78 is 33.6. The number of nitrogens with two attached hydrogens (primary N) is 1. The molecule has 2 aromatic rings. The molecule has 0 aliphatic carbocycles. The van der Waals surface area contributed by atoms with Crippen molar-refractivity contribution < 1.29 is 22.7 Å². The first-order valence-corrected chi connectivity index (χ1v) is 9.68. The van der Waals surface area contributed by atoms with Crippen molar-refractivity contribution in [2.75, 3.05) is 13.2 Å². The molecule has 0 unspecified atom stereocenters. The molecule has 0 bridgehead atoms. The number of primary sulfonamides is 1. The molecule has 0 spiro atoms. The van der Waals surface area contributed by atoms with Crippen molar-refractivity contribution in [1.29, 1.82) is 0 Å². The Morgan fingerprint density at radius 2 is 1.77 bits per heavy atom. The molecule has 1 amide bonds. The fourth-order valence-corrected chi connectivity index (χ4v) is 3.22. The van der Waals surface area contributed by atoms with Gasteiger partial charge in [0.1, 0.15) is 13.2 Å². The number of hydrogen-bond acceptors (Lipinski definition) is 5. The molecule has 7 nitrogen and oxygen atoms in total. The van der Waals surface area contributed by atoms with Crippen LogP contribution in [0.2, 0.25) is 0 Å². The number of hydrogen-bond donors (Lipinski definition) is 2. The van der Waals surface area contributed by atoms with Crippen LogP contribution in [0.4, 0.5) is 0 Å². The fourth-order valence-electron chi connectivity index (χ4n) is 2.71. The number of rotatable bonds is 5. The Balaban J connectivity index is 1.62. The topological polar surface area (TPSA) is 108 Å². The number of fused-ring (bicyclic) bond motifs is 1. The van der Waals surface area contributed by atoms with Crippen molar-refractivity contribution in [2.45, 2.75) is 24.3 Å². The summed E-state index contributed by atoms with van der Waals surface area (Å²) in [6.07, 6.45) is 0.205. The van der Waals surface area contributed by atoms with E-state index in [1.54, 1.807) is 24.3 Å². The van der Waals surface area contributed by atoms with E-state index >= 15 is 0 Å². The molecule has 0 saturated heterocycles. The lowest BCUT2D eigenvalue weighted by Gasteiger charge is -2.19. The molecular formula is C18H20N2O5S. The standard InChI is InChI=1S/C18H20N2O5S/c1-12(14-3-5-15(6-4-14)26(19,22)23)20-18(21)11-13-2-7-16-17(10-13)25-9-8-24-16/h2-7,10,12H,8-9,11H2,1H3,(H,20,21)(H2,19,22,23)/t12-/m0/s1. The summed E-state index contributed by atoms with van der Waals surface area (Å²) in [6.45, 7) is 2.84. The van der Waals surface area contributed by atoms with Gasteiger partial charge in [0, 0.05) is 0 Å². The average molecular weight is 376 g/mol. The van der Waals surface area contributed by atoms with Crippen LogP contribution >= 0.6 is 0 Å². The molecule has 0 saturated carbocycles. The van der Waals surface area contributed by atoms with Crippen LogP contribution < -0.4 is 19.9 Å². The van der Waals surface area contributed by atoms with E-state index in [1.807, 2.05) is 13.0 Å². The Morgan fingerprint density at radius 1 is 1.12 bits per heavy atom. The number of benzene rings is 2. The molecule has 138 valence electrons. The molecule has 0 aromatic heterocycles. The van der Waals surface area contributed by atoms with Crippen molar-refractivity contribution in [1.82, 2.24) is 5.32 Å². The van der Waals surface area contributed by atoms with E-state index in [2.05, 4.69) is 5.32 Å². The highest BCUT2D eigenvalue weighted by Gasteiger charge is 2.15. The second-order valence-electron chi connectivity index (χ2n) is 6.06. The van der Waals surface area contributed by atoms with Crippen LogP contribution in [-0.4, -0.2) is 27.5 Å².